The Bertz CT molecular complexity index is 1360. The number of hydrogen-bond donors (Lipinski definition) is 3. The average Bonchev–Trinajstić information content (AvgIpc) is 3.43. The Morgan fingerprint density at radius 2 is 1.97 bits per heavy atom. The Morgan fingerprint density at radius 1 is 1.14 bits per heavy atom. The molecule has 4 N–H and O–H groups in total. The highest BCUT2D eigenvalue weighted by Gasteiger charge is 2.31. The fraction of sp³-hybridized carbons (Fsp3) is 0.346. The van der Waals surface area contributed by atoms with Crippen LogP contribution in [-0.2, 0) is 12.6 Å². The van der Waals surface area contributed by atoms with Crippen LogP contribution in [0.1, 0.15) is 40.9 Å². The first-order chi connectivity index (χ1) is 16.8. The van der Waals surface area contributed by atoms with Crippen molar-refractivity contribution in [3.63, 3.8) is 0 Å². The Labute approximate surface area is 200 Å². The molecule has 1 unspecified atom stereocenters. The number of rotatable bonds is 7. The second-order valence-corrected chi connectivity index (χ2v) is 9.06. The number of carbonyl (C=O) groups excluding carboxylic acids is 1. The number of furan rings is 1. The highest BCUT2D eigenvalue weighted by Crippen LogP contribution is 2.35. The number of fused-ring (bicyclic) bond motifs is 2. The van der Waals surface area contributed by atoms with E-state index in [-0.39, 0.29) is 11.8 Å². The molecule has 9 heteroatoms. The van der Waals surface area contributed by atoms with Crippen LogP contribution in [0.5, 0.6) is 0 Å². The minimum atomic E-state index is -4.35. The molecule has 2 aromatic carbocycles. The van der Waals surface area contributed by atoms with Gasteiger partial charge < -0.3 is 25.4 Å². The summed E-state index contributed by atoms with van der Waals surface area (Å²) in [6.07, 6.45) is 0.857. The van der Waals surface area contributed by atoms with E-state index in [2.05, 4.69) is 15.2 Å². The molecule has 6 nitrogen and oxygen atoms in total. The smallest absolute Gasteiger partial charge is 0.416 e. The van der Waals surface area contributed by atoms with Crippen LogP contribution < -0.4 is 16.0 Å². The molecule has 0 bridgehead atoms. The topological polar surface area (TPSA) is 87.3 Å². The number of nitrogens with two attached hydrogens (primary N) is 1. The molecule has 0 saturated carbocycles. The lowest BCUT2D eigenvalue weighted by atomic mass is 10.0. The van der Waals surface area contributed by atoms with Crippen molar-refractivity contribution in [2.45, 2.75) is 37.9 Å². The molecule has 1 aliphatic heterocycles. The minimum absolute atomic E-state index is 0.185. The van der Waals surface area contributed by atoms with Crippen molar-refractivity contribution in [2.24, 2.45) is 5.73 Å². The highest BCUT2D eigenvalue weighted by molar-refractivity contribution is 6.06. The summed E-state index contributed by atoms with van der Waals surface area (Å²) in [6.45, 7) is 2.22. The Hall–Kier alpha value is -3.46. The average molecular weight is 485 g/mol. The molecule has 1 amide bonds. The monoisotopic (exact) mass is 484 g/mol. The van der Waals surface area contributed by atoms with Crippen LogP contribution in [-0.4, -0.2) is 36.6 Å². The molecule has 0 spiro atoms. The minimum Gasteiger partial charge on any atom is -0.449 e. The van der Waals surface area contributed by atoms with Gasteiger partial charge in [-0.2, -0.15) is 13.2 Å². The first-order valence-electron chi connectivity index (χ1n) is 11.8. The molecule has 1 fully saturated rings. The maximum absolute atomic E-state index is 13.1. The number of aromatic amines is 1. The van der Waals surface area contributed by atoms with Gasteiger partial charge in [-0.1, -0.05) is 18.6 Å². The first-order valence-corrected chi connectivity index (χ1v) is 11.8. The third-order valence-corrected chi connectivity index (χ3v) is 6.71. The van der Waals surface area contributed by atoms with Gasteiger partial charge >= 0.3 is 6.18 Å². The second kappa shape index (κ2) is 9.30. The number of amides is 1. The Morgan fingerprint density at radius 3 is 2.77 bits per heavy atom. The number of unbranched alkanes of at least 4 members (excludes halogenated alkanes) is 1. The quantitative estimate of drug-likeness (QED) is 0.314. The van der Waals surface area contributed by atoms with E-state index in [0.29, 0.717) is 23.9 Å². The van der Waals surface area contributed by atoms with Crippen LogP contribution in [0.3, 0.4) is 0 Å². The van der Waals surface area contributed by atoms with Crippen LogP contribution in [0.15, 0.2) is 53.1 Å². The van der Waals surface area contributed by atoms with E-state index in [0.717, 1.165) is 60.6 Å². The number of anilines is 1. The lowest BCUT2D eigenvalue weighted by Gasteiger charge is -2.35. The third kappa shape index (κ3) is 4.73. The largest absolute Gasteiger partial charge is 0.449 e. The SMILES string of the molecule is NC(=O)c1oc2ccccc2c1N1CCNC(CCCCc2c[nH]c3ccc(C(F)(F)F)cc23)C1. The van der Waals surface area contributed by atoms with Gasteiger partial charge in [-0.15, -0.1) is 0 Å². The van der Waals surface area contributed by atoms with E-state index in [1.54, 1.807) is 6.20 Å². The summed E-state index contributed by atoms with van der Waals surface area (Å²) in [7, 11) is 0. The zero-order valence-electron chi connectivity index (χ0n) is 19.1. The van der Waals surface area contributed by atoms with Crippen molar-refractivity contribution in [1.82, 2.24) is 10.3 Å². The molecule has 0 radical (unpaired) electrons. The normalized spacial score (nSPS) is 16.9. The number of aryl methyl sites for hydroxylation is 1. The number of halogens is 3. The summed E-state index contributed by atoms with van der Waals surface area (Å²) in [6, 6.07) is 11.6. The highest BCUT2D eigenvalue weighted by atomic mass is 19.4. The second-order valence-electron chi connectivity index (χ2n) is 9.06. The number of aromatic nitrogens is 1. The van der Waals surface area contributed by atoms with Crippen molar-refractivity contribution < 1.29 is 22.4 Å². The Balaban J connectivity index is 1.22. The summed E-state index contributed by atoms with van der Waals surface area (Å²) in [5.41, 5.74) is 7.98. The van der Waals surface area contributed by atoms with E-state index in [1.807, 2.05) is 24.3 Å². The molecule has 1 aliphatic rings. The summed E-state index contributed by atoms with van der Waals surface area (Å²) >= 11 is 0. The van der Waals surface area contributed by atoms with E-state index in [9.17, 15) is 18.0 Å². The van der Waals surface area contributed by atoms with Crippen LogP contribution in [0, 0.1) is 0 Å². The number of hydrogen-bond acceptors (Lipinski definition) is 4. The van der Waals surface area contributed by atoms with Crippen molar-refractivity contribution in [3.05, 3.63) is 65.5 Å². The summed E-state index contributed by atoms with van der Waals surface area (Å²) in [5, 5.41) is 5.04. The van der Waals surface area contributed by atoms with Gasteiger partial charge in [0.25, 0.3) is 5.91 Å². The number of para-hydroxylation sites is 1. The van der Waals surface area contributed by atoms with Gasteiger partial charge in [-0.05, 0) is 55.2 Å². The fourth-order valence-corrected chi connectivity index (χ4v) is 5.00. The van der Waals surface area contributed by atoms with Crippen molar-refractivity contribution in [1.29, 1.82) is 0 Å². The molecule has 0 aliphatic carbocycles. The number of H-pyrrole nitrogens is 1. The summed E-state index contributed by atoms with van der Waals surface area (Å²) in [5.74, 6) is -0.400. The van der Waals surface area contributed by atoms with E-state index >= 15 is 0 Å². The van der Waals surface area contributed by atoms with Gasteiger partial charge in [-0.3, -0.25) is 4.79 Å². The lowest BCUT2D eigenvalue weighted by Crippen LogP contribution is -2.51. The summed E-state index contributed by atoms with van der Waals surface area (Å²) < 4.78 is 45.1. The predicted octanol–water partition coefficient (Wildman–Crippen LogP) is 5.22. The number of nitrogens with zero attached hydrogens (tertiary/aromatic N) is 1. The Kier molecular flexibility index (Phi) is 6.19. The number of nitrogens with one attached hydrogen (secondary N) is 2. The molecular formula is C26H27F3N4O2. The van der Waals surface area contributed by atoms with Gasteiger partial charge in [0.1, 0.15) is 5.58 Å². The molecule has 4 aromatic rings. The lowest BCUT2D eigenvalue weighted by molar-refractivity contribution is -0.137. The number of benzene rings is 2. The van der Waals surface area contributed by atoms with Gasteiger partial charge in [0.05, 0.1) is 11.3 Å². The van der Waals surface area contributed by atoms with E-state index < -0.39 is 17.6 Å². The zero-order chi connectivity index (χ0) is 24.6. The van der Waals surface area contributed by atoms with Crippen molar-refractivity contribution in [2.75, 3.05) is 24.5 Å². The van der Waals surface area contributed by atoms with Crippen LogP contribution in [0.25, 0.3) is 21.9 Å². The number of carbonyl (C=O) groups is 1. The van der Waals surface area contributed by atoms with Crippen molar-refractivity contribution in [3.8, 4) is 0 Å². The maximum atomic E-state index is 13.1. The summed E-state index contributed by atoms with van der Waals surface area (Å²) in [4.78, 5) is 17.3. The molecule has 3 heterocycles. The van der Waals surface area contributed by atoms with Gasteiger partial charge in [-0.25, -0.2) is 0 Å². The number of primary amides is 1. The molecular weight excluding hydrogens is 457 g/mol. The molecule has 2 aromatic heterocycles. The van der Waals surface area contributed by atoms with Gasteiger partial charge in [0, 0.05) is 48.2 Å². The maximum Gasteiger partial charge on any atom is 0.416 e. The van der Waals surface area contributed by atoms with Crippen LogP contribution >= 0.6 is 0 Å². The molecule has 35 heavy (non-hydrogen) atoms. The molecule has 1 saturated heterocycles. The number of alkyl halides is 3. The molecule has 184 valence electrons. The van der Waals surface area contributed by atoms with Crippen LogP contribution in [0.4, 0.5) is 18.9 Å². The standard InChI is InChI=1S/C26H27F3N4O2/c27-26(28,29)17-9-10-21-20(13-17)16(14-32-21)5-1-2-6-18-15-33(12-11-31-18)23-19-7-3-4-8-22(19)35-24(23)25(30)34/h3-4,7-10,13-14,18,31-32H,1-2,5-6,11-12,15H2,(H2,30,34). The fourth-order valence-electron chi connectivity index (χ4n) is 5.00. The van der Waals surface area contributed by atoms with E-state index in [1.165, 1.54) is 12.1 Å². The first kappa shape index (κ1) is 23.3. The molecule has 1 atom stereocenters. The predicted molar refractivity (Wildman–Crippen MR) is 130 cm³/mol. The van der Waals surface area contributed by atoms with Gasteiger partial charge in [0.15, 0.2) is 0 Å². The number of piperazine rings is 1. The third-order valence-electron chi connectivity index (χ3n) is 6.71. The van der Waals surface area contributed by atoms with E-state index in [4.69, 9.17) is 10.2 Å². The zero-order valence-corrected chi connectivity index (χ0v) is 19.1. The van der Waals surface area contributed by atoms with Gasteiger partial charge in [0.2, 0.25) is 5.76 Å². The van der Waals surface area contributed by atoms with Crippen LogP contribution in [0.2, 0.25) is 0 Å². The van der Waals surface area contributed by atoms with Crippen molar-refractivity contribution >= 4 is 33.5 Å². The molecule has 5 rings (SSSR count).